The number of amides is 2. The number of piperazine rings is 1. The Morgan fingerprint density at radius 1 is 1.39 bits per heavy atom. The van der Waals surface area contributed by atoms with Crippen LogP contribution in [0.15, 0.2) is 12.2 Å². The SMILES string of the molecule is C=C1CCOC2([C@@H](O)[C@@](C)(O)CO)NC(=O)[C@@]1(N(C)C)NC2=O. The van der Waals surface area contributed by atoms with E-state index in [4.69, 9.17) is 4.74 Å². The topological polar surface area (TPSA) is 131 Å². The van der Waals surface area contributed by atoms with E-state index in [0.29, 0.717) is 5.57 Å². The Labute approximate surface area is 133 Å². The molecule has 9 nitrogen and oxygen atoms in total. The average Bonchev–Trinajstić information content (AvgIpc) is 2.47. The van der Waals surface area contributed by atoms with Crippen molar-refractivity contribution in [2.75, 3.05) is 27.3 Å². The van der Waals surface area contributed by atoms with Crippen LogP contribution in [0.3, 0.4) is 0 Å². The summed E-state index contributed by atoms with van der Waals surface area (Å²) in [5.74, 6) is -1.47. The normalized spacial score (nSPS) is 35.2. The summed E-state index contributed by atoms with van der Waals surface area (Å²) >= 11 is 0. The molecule has 3 aliphatic heterocycles. The molecule has 0 spiro atoms. The zero-order valence-electron chi connectivity index (χ0n) is 13.4. The molecule has 0 aromatic carbocycles. The number of carbonyl (C=O) groups is 2. The van der Waals surface area contributed by atoms with E-state index in [1.165, 1.54) is 4.90 Å². The van der Waals surface area contributed by atoms with Gasteiger partial charge in [0.05, 0.1) is 13.2 Å². The van der Waals surface area contributed by atoms with Crippen molar-refractivity contribution in [3.63, 3.8) is 0 Å². The molecule has 9 heteroatoms. The second kappa shape index (κ2) is 5.53. The molecule has 0 aromatic heterocycles. The van der Waals surface area contributed by atoms with E-state index in [0.717, 1.165) is 6.92 Å². The van der Waals surface area contributed by atoms with Crippen LogP contribution >= 0.6 is 0 Å². The number of hydrogen-bond acceptors (Lipinski definition) is 7. The summed E-state index contributed by atoms with van der Waals surface area (Å²) in [5, 5.41) is 34.7. The number of nitrogens with one attached hydrogen (secondary N) is 2. The van der Waals surface area contributed by atoms with Gasteiger partial charge in [-0.3, -0.25) is 14.5 Å². The van der Waals surface area contributed by atoms with Crippen LogP contribution in [0.5, 0.6) is 0 Å². The predicted octanol–water partition coefficient (Wildman–Crippen LogP) is -2.73. The molecule has 4 atom stereocenters. The van der Waals surface area contributed by atoms with Gasteiger partial charge in [-0.1, -0.05) is 6.58 Å². The van der Waals surface area contributed by atoms with Crippen molar-refractivity contribution in [3.05, 3.63) is 12.2 Å². The summed E-state index contributed by atoms with van der Waals surface area (Å²) in [4.78, 5) is 26.9. The van der Waals surface area contributed by atoms with Gasteiger partial charge in [0.1, 0.15) is 11.7 Å². The molecule has 130 valence electrons. The highest BCUT2D eigenvalue weighted by Gasteiger charge is 2.64. The molecule has 0 radical (unpaired) electrons. The Hall–Kier alpha value is -1.52. The quantitative estimate of drug-likeness (QED) is 0.354. The molecule has 3 aliphatic rings. The molecular weight excluding hydrogens is 306 g/mol. The van der Waals surface area contributed by atoms with Gasteiger partial charge in [-0.05, 0) is 33.0 Å². The minimum absolute atomic E-state index is 0.000686. The van der Waals surface area contributed by atoms with Crippen LogP contribution in [-0.4, -0.2) is 82.4 Å². The molecule has 3 rings (SSSR count). The first kappa shape index (κ1) is 17.8. The van der Waals surface area contributed by atoms with Crippen LogP contribution in [0.4, 0.5) is 0 Å². The average molecular weight is 329 g/mol. The zero-order chi connectivity index (χ0) is 17.6. The lowest BCUT2D eigenvalue weighted by Gasteiger charge is -2.53. The minimum Gasteiger partial charge on any atom is -0.393 e. The molecule has 2 amide bonds. The standard InChI is InChI=1S/C14H23N3O6/c1-8-5-6-23-14(9(19)12(2,22)7-18)11(21)15-13(8,17(3)4)10(20)16-14/h9,18-19,22H,1,5-7H2,2-4H3,(H,15,21)(H,16,20)/t9-,12-,13+,14?/m0/s1. The van der Waals surface area contributed by atoms with Crippen LogP contribution in [0.2, 0.25) is 0 Å². The molecule has 0 aromatic rings. The molecule has 0 saturated carbocycles. The van der Waals surface area contributed by atoms with Crippen LogP contribution in [0.1, 0.15) is 13.3 Å². The maximum absolute atomic E-state index is 12.7. The van der Waals surface area contributed by atoms with Crippen molar-refractivity contribution >= 4 is 11.8 Å². The first-order valence-corrected chi connectivity index (χ1v) is 7.21. The molecule has 1 unspecified atom stereocenters. The van der Waals surface area contributed by atoms with E-state index in [9.17, 15) is 24.9 Å². The Morgan fingerprint density at radius 3 is 2.52 bits per heavy atom. The maximum atomic E-state index is 12.7. The van der Waals surface area contributed by atoms with Crippen LogP contribution in [0.25, 0.3) is 0 Å². The second-order valence-corrected chi connectivity index (χ2v) is 6.37. The van der Waals surface area contributed by atoms with Gasteiger partial charge in [0.2, 0.25) is 0 Å². The third-order valence-electron chi connectivity index (χ3n) is 4.47. The number of nitrogens with zero attached hydrogens (tertiary/aromatic N) is 1. The fourth-order valence-corrected chi connectivity index (χ4v) is 2.92. The lowest BCUT2D eigenvalue weighted by atomic mass is 9.83. The molecule has 23 heavy (non-hydrogen) atoms. The van der Waals surface area contributed by atoms with Crippen molar-refractivity contribution in [1.29, 1.82) is 0 Å². The number of rotatable bonds is 4. The number of aliphatic hydroxyl groups is 3. The van der Waals surface area contributed by atoms with E-state index >= 15 is 0 Å². The Balaban J connectivity index is 2.53. The van der Waals surface area contributed by atoms with Crippen LogP contribution in [0, 0.1) is 0 Å². The van der Waals surface area contributed by atoms with Crippen molar-refractivity contribution in [1.82, 2.24) is 15.5 Å². The molecule has 0 aliphatic carbocycles. The van der Waals surface area contributed by atoms with Crippen molar-refractivity contribution in [2.24, 2.45) is 0 Å². The number of fused-ring (bicyclic) bond motifs is 5. The fraction of sp³-hybridized carbons (Fsp3) is 0.714. The number of aliphatic hydroxyl groups excluding tert-OH is 2. The van der Waals surface area contributed by atoms with Gasteiger partial charge in [-0.15, -0.1) is 0 Å². The van der Waals surface area contributed by atoms with Crippen LogP contribution < -0.4 is 10.6 Å². The summed E-state index contributed by atoms with van der Waals surface area (Å²) in [6.45, 7) is 4.17. The second-order valence-electron chi connectivity index (χ2n) is 6.37. The molecule has 3 heterocycles. The van der Waals surface area contributed by atoms with Gasteiger partial charge in [-0.25, -0.2) is 0 Å². The third kappa shape index (κ3) is 2.36. The highest BCUT2D eigenvalue weighted by molar-refractivity contribution is 6.03. The van der Waals surface area contributed by atoms with Gasteiger partial charge in [0.25, 0.3) is 17.5 Å². The monoisotopic (exact) mass is 329 g/mol. The van der Waals surface area contributed by atoms with Gasteiger partial charge < -0.3 is 30.7 Å². The van der Waals surface area contributed by atoms with Gasteiger partial charge >= 0.3 is 0 Å². The van der Waals surface area contributed by atoms with E-state index in [2.05, 4.69) is 17.2 Å². The van der Waals surface area contributed by atoms with Crippen LogP contribution in [-0.2, 0) is 14.3 Å². The molecule has 5 N–H and O–H groups in total. The molecule has 3 fully saturated rings. The largest absolute Gasteiger partial charge is 0.393 e. The maximum Gasteiger partial charge on any atom is 0.278 e. The highest BCUT2D eigenvalue weighted by atomic mass is 16.5. The van der Waals surface area contributed by atoms with E-state index in [1.54, 1.807) is 14.1 Å². The van der Waals surface area contributed by atoms with E-state index < -0.39 is 41.5 Å². The molecular formula is C14H23N3O6. The summed E-state index contributed by atoms with van der Waals surface area (Å²) in [6, 6.07) is 0. The first-order chi connectivity index (χ1) is 10.5. The summed E-state index contributed by atoms with van der Waals surface area (Å²) in [5.41, 5.74) is -5.28. The Kier molecular flexibility index (Phi) is 4.29. The number of likely N-dealkylation sites (N-methyl/N-ethyl adjacent to an activating group) is 1. The fourth-order valence-electron chi connectivity index (χ4n) is 2.92. The van der Waals surface area contributed by atoms with Gasteiger partial charge in [0.15, 0.2) is 5.66 Å². The van der Waals surface area contributed by atoms with Crippen molar-refractivity contribution in [2.45, 2.75) is 36.4 Å². The molecule has 3 saturated heterocycles. The lowest BCUT2D eigenvalue weighted by Crippen LogP contribution is -2.84. The van der Waals surface area contributed by atoms with Crippen molar-refractivity contribution in [3.8, 4) is 0 Å². The molecule has 2 bridgehead atoms. The highest BCUT2D eigenvalue weighted by Crippen LogP contribution is 2.35. The lowest BCUT2D eigenvalue weighted by molar-refractivity contribution is -0.226. The van der Waals surface area contributed by atoms with E-state index in [-0.39, 0.29) is 13.0 Å². The van der Waals surface area contributed by atoms with E-state index in [1.807, 2.05) is 0 Å². The number of carbonyl (C=O) groups excluding carboxylic acids is 2. The third-order valence-corrected chi connectivity index (χ3v) is 4.47. The Morgan fingerprint density at radius 2 is 2.00 bits per heavy atom. The van der Waals surface area contributed by atoms with Crippen molar-refractivity contribution < 1.29 is 29.6 Å². The number of ether oxygens (including phenoxy) is 1. The van der Waals surface area contributed by atoms with Gasteiger partial charge in [-0.2, -0.15) is 0 Å². The minimum atomic E-state index is -2.19. The van der Waals surface area contributed by atoms with Gasteiger partial charge in [0, 0.05) is 0 Å². The smallest absolute Gasteiger partial charge is 0.278 e. The summed E-state index contributed by atoms with van der Waals surface area (Å²) in [6.07, 6.45) is -1.61. The Bertz CT molecular complexity index is 549. The predicted molar refractivity (Wildman–Crippen MR) is 78.9 cm³/mol. The number of hydrogen-bond donors (Lipinski definition) is 5. The summed E-state index contributed by atoms with van der Waals surface area (Å²) < 4.78 is 5.44. The zero-order valence-corrected chi connectivity index (χ0v) is 13.4. The summed E-state index contributed by atoms with van der Waals surface area (Å²) in [7, 11) is 3.22. The first-order valence-electron chi connectivity index (χ1n) is 7.21.